The fourth-order valence-corrected chi connectivity index (χ4v) is 2.63. The van der Waals surface area contributed by atoms with E-state index >= 15 is 0 Å². The second-order valence-electron chi connectivity index (χ2n) is 4.50. The van der Waals surface area contributed by atoms with E-state index in [1.165, 1.54) is 18.2 Å². The first-order valence-corrected chi connectivity index (χ1v) is 6.94. The summed E-state index contributed by atoms with van der Waals surface area (Å²) in [4.78, 5) is -0.753. The molecule has 112 valence electrons. The fraction of sp³-hybridized carbons (Fsp3) is 0.200. The third kappa shape index (κ3) is 3.81. The molecule has 6 heteroatoms. The van der Waals surface area contributed by atoms with Crippen LogP contribution in [0.4, 0.5) is 22.0 Å². The fourth-order valence-electron chi connectivity index (χ4n) is 1.93. The standard InChI is InChI=1S/C15H10BrF5/c16-12(7-9-3-1-2-4-13(9)17)11-8-10(15(19,20)21)5-6-14(11)18/h1-6,8,12H,7H2. The lowest BCUT2D eigenvalue weighted by Gasteiger charge is -2.14. The zero-order valence-corrected chi connectivity index (χ0v) is 12.2. The van der Waals surface area contributed by atoms with Gasteiger partial charge in [-0.1, -0.05) is 34.1 Å². The zero-order chi connectivity index (χ0) is 15.6. The van der Waals surface area contributed by atoms with Gasteiger partial charge in [0.15, 0.2) is 0 Å². The minimum atomic E-state index is -4.55. The summed E-state index contributed by atoms with van der Waals surface area (Å²) in [6.07, 6.45) is -4.50. The molecule has 2 rings (SSSR count). The van der Waals surface area contributed by atoms with Crippen molar-refractivity contribution in [1.29, 1.82) is 0 Å². The Morgan fingerprint density at radius 3 is 2.24 bits per heavy atom. The van der Waals surface area contributed by atoms with E-state index in [4.69, 9.17) is 0 Å². The minimum absolute atomic E-state index is 0.0465. The number of hydrogen-bond donors (Lipinski definition) is 0. The van der Waals surface area contributed by atoms with E-state index in [1.807, 2.05) is 0 Å². The van der Waals surface area contributed by atoms with E-state index in [0.717, 1.165) is 12.1 Å². The summed E-state index contributed by atoms with van der Waals surface area (Å²) in [5.74, 6) is -1.24. The lowest BCUT2D eigenvalue weighted by Crippen LogP contribution is -2.08. The molecular weight excluding hydrogens is 355 g/mol. The van der Waals surface area contributed by atoms with Gasteiger partial charge in [0.05, 0.1) is 5.56 Å². The Labute approximate surface area is 126 Å². The predicted octanol–water partition coefficient (Wildman–Crippen LogP) is 5.66. The van der Waals surface area contributed by atoms with Crippen LogP contribution in [0.5, 0.6) is 0 Å². The molecule has 1 atom stereocenters. The smallest absolute Gasteiger partial charge is 0.207 e. The van der Waals surface area contributed by atoms with E-state index in [2.05, 4.69) is 15.9 Å². The van der Waals surface area contributed by atoms with Gasteiger partial charge in [0.25, 0.3) is 0 Å². The maximum absolute atomic E-state index is 13.7. The third-order valence-corrected chi connectivity index (χ3v) is 3.83. The maximum atomic E-state index is 13.7. The Morgan fingerprint density at radius 2 is 1.62 bits per heavy atom. The summed E-state index contributed by atoms with van der Waals surface area (Å²) in [5, 5.41) is 0. The predicted molar refractivity (Wildman–Crippen MR) is 73.2 cm³/mol. The van der Waals surface area contributed by atoms with Gasteiger partial charge < -0.3 is 0 Å². The number of alkyl halides is 4. The van der Waals surface area contributed by atoms with Crippen LogP contribution in [0.15, 0.2) is 42.5 Å². The number of benzene rings is 2. The van der Waals surface area contributed by atoms with Gasteiger partial charge in [-0.2, -0.15) is 13.2 Å². The molecule has 0 aromatic heterocycles. The summed E-state index contributed by atoms with van der Waals surface area (Å²) in [6, 6.07) is 8.07. The molecule has 0 amide bonds. The third-order valence-electron chi connectivity index (χ3n) is 3.02. The summed E-state index contributed by atoms with van der Waals surface area (Å²) in [5.41, 5.74) is -0.777. The molecule has 1 unspecified atom stereocenters. The molecule has 0 spiro atoms. The van der Waals surface area contributed by atoms with Crippen molar-refractivity contribution >= 4 is 15.9 Å². The first-order valence-electron chi connectivity index (χ1n) is 6.03. The van der Waals surface area contributed by atoms with Gasteiger partial charge in [-0.05, 0) is 36.2 Å². The van der Waals surface area contributed by atoms with Gasteiger partial charge in [0, 0.05) is 10.4 Å². The molecule has 0 aliphatic carbocycles. The molecule has 0 heterocycles. The first kappa shape index (κ1) is 15.9. The lowest BCUT2D eigenvalue weighted by atomic mass is 10.0. The van der Waals surface area contributed by atoms with Gasteiger partial charge in [-0.25, -0.2) is 8.78 Å². The maximum Gasteiger partial charge on any atom is 0.416 e. The van der Waals surface area contributed by atoms with E-state index < -0.39 is 28.2 Å². The minimum Gasteiger partial charge on any atom is -0.207 e. The molecule has 2 aromatic carbocycles. The van der Waals surface area contributed by atoms with Crippen LogP contribution in [0.3, 0.4) is 0 Å². The van der Waals surface area contributed by atoms with Crippen LogP contribution in [0.1, 0.15) is 21.5 Å². The molecule has 0 N–H and O–H groups in total. The van der Waals surface area contributed by atoms with Gasteiger partial charge in [0.1, 0.15) is 11.6 Å². The Kier molecular flexibility index (Phi) is 4.66. The summed E-state index contributed by atoms with van der Waals surface area (Å²) < 4.78 is 65.2. The second-order valence-corrected chi connectivity index (χ2v) is 5.60. The highest BCUT2D eigenvalue weighted by Gasteiger charge is 2.31. The topological polar surface area (TPSA) is 0 Å². The Bertz CT molecular complexity index is 636. The molecule has 0 fully saturated rings. The lowest BCUT2D eigenvalue weighted by molar-refractivity contribution is -0.137. The molecule has 21 heavy (non-hydrogen) atoms. The quantitative estimate of drug-likeness (QED) is 0.486. The van der Waals surface area contributed by atoms with E-state index in [0.29, 0.717) is 11.6 Å². The first-order chi connectivity index (χ1) is 9.79. The summed E-state index contributed by atoms with van der Waals surface area (Å²) >= 11 is 3.13. The van der Waals surface area contributed by atoms with Crippen LogP contribution in [0.25, 0.3) is 0 Å². The molecule has 0 radical (unpaired) electrons. The molecule has 0 saturated carbocycles. The molecule has 2 aromatic rings. The van der Waals surface area contributed by atoms with Crippen LogP contribution in [-0.4, -0.2) is 0 Å². The van der Waals surface area contributed by atoms with Crippen molar-refractivity contribution in [3.8, 4) is 0 Å². The van der Waals surface area contributed by atoms with Crippen LogP contribution < -0.4 is 0 Å². The molecule has 0 bridgehead atoms. The van der Waals surface area contributed by atoms with Crippen LogP contribution in [-0.2, 0) is 12.6 Å². The average Bonchev–Trinajstić information content (AvgIpc) is 2.40. The van der Waals surface area contributed by atoms with Crippen molar-refractivity contribution in [3.63, 3.8) is 0 Å². The largest absolute Gasteiger partial charge is 0.416 e. The van der Waals surface area contributed by atoms with Gasteiger partial charge in [-0.15, -0.1) is 0 Å². The van der Waals surface area contributed by atoms with Crippen LogP contribution >= 0.6 is 15.9 Å². The van der Waals surface area contributed by atoms with E-state index in [-0.39, 0.29) is 12.0 Å². The number of halogens is 6. The van der Waals surface area contributed by atoms with Crippen molar-refractivity contribution in [2.75, 3.05) is 0 Å². The van der Waals surface area contributed by atoms with Crippen molar-refractivity contribution < 1.29 is 22.0 Å². The highest BCUT2D eigenvalue weighted by atomic mass is 79.9. The average molecular weight is 365 g/mol. The summed E-state index contributed by atoms with van der Waals surface area (Å²) in [6.45, 7) is 0. The molecule has 0 aliphatic heterocycles. The Balaban J connectivity index is 2.31. The molecule has 0 saturated heterocycles. The zero-order valence-electron chi connectivity index (χ0n) is 10.6. The Morgan fingerprint density at radius 1 is 0.952 bits per heavy atom. The second kappa shape index (κ2) is 6.13. The molecular formula is C15H10BrF5. The van der Waals surface area contributed by atoms with Crippen molar-refractivity contribution in [2.24, 2.45) is 0 Å². The van der Waals surface area contributed by atoms with Gasteiger partial charge in [0.2, 0.25) is 0 Å². The normalized spacial score (nSPS) is 13.2. The highest BCUT2D eigenvalue weighted by Crippen LogP contribution is 2.35. The van der Waals surface area contributed by atoms with Crippen molar-refractivity contribution in [2.45, 2.75) is 17.4 Å². The SMILES string of the molecule is Fc1ccccc1CC(Br)c1cc(C(F)(F)F)ccc1F. The van der Waals surface area contributed by atoms with Crippen molar-refractivity contribution in [1.82, 2.24) is 0 Å². The summed E-state index contributed by atoms with van der Waals surface area (Å²) in [7, 11) is 0. The van der Waals surface area contributed by atoms with Crippen LogP contribution in [0.2, 0.25) is 0 Å². The highest BCUT2D eigenvalue weighted by molar-refractivity contribution is 9.09. The van der Waals surface area contributed by atoms with Crippen LogP contribution in [0, 0.1) is 11.6 Å². The molecule has 0 nitrogen and oxygen atoms in total. The number of rotatable bonds is 3. The Hall–Kier alpha value is -1.43. The van der Waals surface area contributed by atoms with E-state index in [9.17, 15) is 22.0 Å². The van der Waals surface area contributed by atoms with Gasteiger partial charge >= 0.3 is 6.18 Å². The molecule has 0 aliphatic rings. The van der Waals surface area contributed by atoms with E-state index in [1.54, 1.807) is 6.07 Å². The monoisotopic (exact) mass is 364 g/mol. The number of hydrogen-bond acceptors (Lipinski definition) is 0. The van der Waals surface area contributed by atoms with Crippen molar-refractivity contribution in [3.05, 3.63) is 70.8 Å². The van der Waals surface area contributed by atoms with Gasteiger partial charge in [-0.3, -0.25) is 0 Å².